The first-order valence-corrected chi connectivity index (χ1v) is 18.0. The molecule has 51 heavy (non-hydrogen) atoms. The van der Waals surface area contributed by atoms with Crippen LogP contribution in [0.3, 0.4) is 0 Å². The Morgan fingerprint density at radius 2 is 1.16 bits per heavy atom. The first-order chi connectivity index (χ1) is 25.3. The summed E-state index contributed by atoms with van der Waals surface area (Å²) in [5.74, 6) is 1.79. The summed E-state index contributed by atoms with van der Waals surface area (Å²) in [6.07, 6.45) is 5.59. The van der Waals surface area contributed by atoms with Gasteiger partial charge in [0.2, 0.25) is 0 Å². The van der Waals surface area contributed by atoms with Gasteiger partial charge in [-0.2, -0.15) is 0 Å². The van der Waals surface area contributed by atoms with Crippen molar-refractivity contribution < 1.29 is 8.83 Å². The fourth-order valence-corrected chi connectivity index (χ4v) is 9.20. The largest absolute Gasteiger partial charge is 0.456 e. The van der Waals surface area contributed by atoms with Crippen LogP contribution in [0.25, 0.3) is 89.2 Å². The van der Waals surface area contributed by atoms with Crippen molar-refractivity contribution in [3.8, 4) is 34.2 Å². The lowest BCUT2D eigenvalue weighted by Gasteiger charge is -2.21. The average molecular weight is 674 g/mol. The standard InChI is InChI=1S/C45H27N3O2S/c1-2-12-26(13-3-1)43-46-44(32-18-10-21-35-39(32)29-14-4-7-19-33(29)49-35)48-45(47-43)42-28(24-25-36-41(42)30-15-5-8-20-34(30)50-36)27-17-11-23-38-40(27)31-16-6-9-22-37(31)51-38/h1-22,24-25,38H,23H2. The Balaban J connectivity index is 1.27. The normalized spacial score (nSPS) is 15.3. The van der Waals surface area contributed by atoms with Crippen LogP contribution in [-0.4, -0.2) is 20.2 Å². The molecule has 0 bridgehead atoms. The molecule has 5 nitrogen and oxygen atoms in total. The fourth-order valence-electron chi connectivity index (χ4n) is 7.86. The van der Waals surface area contributed by atoms with E-state index < -0.39 is 0 Å². The zero-order valence-electron chi connectivity index (χ0n) is 27.2. The number of furan rings is 2. The number of para-hydroxylation sites is 2. The van der Waals surface area contributed by atoms with Crippen molar-refractivity contribution in [3.63, 3.8) is 0 Å². The van der Waals surface area contributed by atoms with E-state index in [4.69, 9.17) is 23.8 Å². The minimum absolute atomic E-state index is 0.341. The van der Waals surface area contributed by atoms with Crippen LogP contribution in [0, 0.1) is 0 Å². The van der Waals surface area contributed by atoms with E-state index in [1.54, 1.807) is 0 Å². The van der Waals surface area contributed by atoms with Gasteiger partial charge in [-0.05, 0) is 65.1 Å². The van der Waals surface area contributed by atoms with Gasteiger partial charge < -0.3 is 8.83 Å². The number of fused-ring (bicyclic) bond motifs is 9. The number of nitrogens with zero attached hydrogens (tertiary/aromatic N) is 3. The average Bonchev–Trinajstić information content (AvgIpc) is 3.89. The van der Waals surface area contributed by atoms with Crippen LogP contribution in [0.2, 0.25) is 0 Å². The highest BCUT2D eigenvalue weighted by Gasteiger charge is 2.33. The number of aromatic nitrogens is 3. The molecule has 240 valence electrons. The third-order valence-corrected chi connectivity index (χ3v) is 11.4. The number of hydrogen-bond acceptors (Lipinski definition) is 6. The molecule has 0 radical (unpaired) electrons. The maximum Gasteiger partial charge on any atom is 0.165 e. The molecule has 4 heterocycles. The lowest BCUT2D eigenvalue weighted by molar-refractivity contribution is 0.668. The molecule has 0 N–H and O–H groups in total. The van der Waals surface area contributed by atoms with Crippen molar-refractivity contribution in [3.05, 3.63) is 157 Å². The van der Waals surface area contributed by atoms with E-state index in [9.17, 15) is 0 Å². The molecular weight excluding hydrogens is 647 g/mol. The van der Waals surface area contributed by atoms with Crippen molar-refractivity contribution in [2.45, 2.75) is 16.6 Å². The molecule has 9 aromatic rings. The van der Waals surface area contributed by atoms with Gasteiger partial charge in [-0.3, -0.25) is 0 Å². The quantitative estimate of drug-likeness (QED) is 0.185. The molecule has 1 aliphatic heterocycles. The van der Waals surface area contributed by atoms with Crippen molar-refractivity contribution in [2.75, 3.05) is 0 Å². The van der Waals surface area contributed by atoms with E-state index in [-0.39, 0.29) is 0 Å². The summed E-state index contributed by atoms with van der Waals surface area (Å²) >= 11 is 1.95. The van der Waals surface area contributed by atoms with Crippen molar-refractivity contribution >= 4 is 66.8 Å². The first-order valence-electron chi connectivity index (χ1n) is 17.1. The Morgan fingerprint density at radius 1 is 0.510 bits per heavy atom. The minimum atomic E-state index is 0.341. The van der Waals surface area contributed by atoms with Gasteiger partial charge in [-0.15, -0.1) is 11.8 Å². The number of thioether (sulfide) groups is 1. The van der Waals surface area contributed by atoms with Gasteiger partial charge in [0.25, 0.3) is 0 Å². The van der Waals surface area contributed by atoms with E-state index in [1.807, 2.05) is 72.4 Å². The Bertz CT molecular complexity index is 2940. The summed E-state index contributed by atoms with van der Waals surface area (Å²) in [6, 6.07) is 45.7. The highest BCUT2D eigenvalue weighted by Crippen LogP contribution is 2.53. The second kappa shape index (κ2) is 11.1. The van der Waals surface area contributed by atoms with Crippen LogP contribution >= 0.6 is 11.8 Å². The fraction of sp³-hybridized carbons (Fsp3) is 0.0444. The molecule has 0 saturated heterocycles. The summed E-state index contributed by atoms with van der Waals surface area (Å²) in [6.45, 7) is 0. The van der Waals surface area contributed by atoms with Gasteiger partial charge >= 0.3 is 0 Å². The van der Waals surface area contributed by atoms with Gasteiger partial charge in [0, 0.05) is 48.4 Å². The van der Waals surface area contributed by atoms with Gasteiger partial charge in [0.1, 0.15) is 22.3 Å². The SMILES string of the molecule is C1=CC(c2ccc3oc4ccccc4c3c2-c2nc(-c3ccccc3)nc(-c3cccc4oc5ccccc5c34)n2)=C2c3ccccc3SC2C1. The van der Waals surface area contributed by atoms with Crippen LogP contribution in [-0.2, 0) is 0 Å². The van der Waals surface area contributed by atoms with Crippen LogP contribution in [0.4, 0.5) is 0 Å². The van der Waals surface area contributed by atoms with Crippen molar-refractivity contribution in [2.24, 2.45) is 0 Å². The highest BCUT2D eigenvalue weighted by molar-refractivity contribution is 8.00. The molecule has 1 unspecified atom stereocenters. The summed E-state index contributed by atoms with van der Waals surface area (Å²) in [7, 11) is 0. The van der Waals surface area contributed by atoms with Crippen molar-refractivity contribution in [1.82, 2.24) is 15.0 Å². The Morgan fingerprint density at radius 3 is 2.00 bits per heavy atom. The minimum Gasteiger partial charge on any atom is -0.456 e. The number of benzene rings is 6. The second-order valence-electron chi connectivity index (χ2n) is 13.0. The second-order valence-corrected chi connectivity index (χ2v) is 14.2. The van der Waals surface area contributed by atoms with Gasteiger partial charge in [0.15, 0.2) is 17.5 Å². The molecule has 6 aromatic carbocycles. The maximum absolute atomic E-state index is 6.50. The lowest BCUT2D eigenvalue weighted by atomic mass is 9.85. The maximum atomic E-state index is 6.50. The van der Waals surface area contributed by atoms with E-state index in [0.29, 0.717) is 22.7 Å². The predicted molar refractivity (Wildman–Crippen MR) is 207 cm³/mol. The molecule has 0 saturated carbocycles. The summed E-state index contributed by atoms with van der Waals surface area (Å²) < 4.78 is 12.8. The molecule has 1 atom stereocenters. The molecule has 3 aromatic heterocycles. The molecule has 6 heteroatoms. The zero-order valence-corrected chi connectivity index (χ0v) is 28.0. The van der Waals surface area contributed by atoms with E-state index in [2.05, 4.69) is 84.9 Å². The topological polar surface area (TPSA) is 65.0 Å². The third kappa shape index (κ3) is 4.40. The van der Waals surface area contributed by atoms with E-state index in [1.165, 1.54) is 21.6 Å². The van der Waals surface area contributed by atoms with Crippen LogP contribution in [0.1, 0.15) is 17.5 Å². The zero-order chi connectivity index (χ0) is 33.5. The molecule has 1 aliphatic carbocycles. The van der Waals surface area contributed by atoms with E-state index in [0.717, 1.165) is 72.6 Å². The first kappa shape index (κ1) is 28.6. The third-order valence-electron chi connectivity index (χ3n) is 10.1. The Labute approximate surface area is 297 Å². The summed E-state index contributed by atoms with van der Waals surface area (Å²) in [5, 5.41) is 4.37. The Kier molecular flexibility index (Phi) is 6.24. The number of hydrogen-bond donors (Lipinski definition) is 0. The van der Waals surface area contributed by atoms with Crippen LogP contribution in [0.5, 0.6) is 0 Å². The summed E-state index contributed by atoms with van der Waals surface area (Å²) in [4.78, 5) is 17.2. The van der Waals surface area contributed by atoms with Crippen LogP contribution in [0.15, 0.2) is 159 Å². The Hall–Kier alpha value is -6.24. The molecular formula is C45H27N3O2S. The monoisotopic (exact) mass is 673 g/mol. The molecule has 0 spiro atoms. The lowest BCUT2D eigenvalue weighted by Crippen LogP contribution is -2.07. The smallest absolute Gasteiger partial charge is 0.165 e. The van der Waals surface area contributed by atoms with Gasteiger partial charge in [0.05, 0.1) is 0 Å². The van der Waals surface area contributed by atoms with Gasteiger partial charge in [-0.25, -0.2) is 15.0 Å². The molecule has 2 aliphatic rings. The molecule has 11 rings (SSSR count). The number of rotatable bonds is 4. The molecule has 0 fully saturated rings. The molecule has 0 amide bonds. The number of allylic oxidation sites excluding steroid dienone is 3. The van der Waals surface area contributed by atoms with Crippen LogP contribution < -0.4 is 0 Å². The van der Waals surface area contributed by atoms with Gasteiger partial charge in [-0.1, -0.05) is 109 Å². The summed E-state index contributed by atoms with van der Waals surface area (Å²) in [5.41, 5.74) is 10.9. The highest BCUT2D eigenvalue weighted by atomic mass is 32.2. The van der Waals surface area contributed by atoms with Crippen molar-refractivity contribution in [1.29, 1.82) is 0 Å². The predicted octanol–water partition coefficient (Wildman–Crippen LogP) is 12.0. The van der Waals surface area contributed by atoms with E-state index >= 15 is 0 Å².